The molecule has 116 valence electrons. The van der Waals surface area contributed by atoms with Gasteiger partial charge in [0.25, 0.3) is 0 Å². The first kappa shape index (κ1) is 16.7. The molecule has 1 heterocycles. The van der Waals surface area contributed by atoms with Crippen LogP contribution in [0.15, 0.2) is 0 Å². The molecule has 1 aliphatic rings. The topological polar surface area (TPSA) is 122 Å². The molecular weight excluding hydrogens is 288 g/mol. The number of ether oxygens (including phenoxy) is 1. The number of aliphatic carboxylic acids is 1. The summed E-state index contributed by atoms with van der Waals surface area (Å²) in [5.74, 6) is -0.846. The van der Waals surface area contributed by atoms with Gasteiger partial charge in [-0.2, -0.15) is 0 Å². The number of carbonyl (C=O) groups excluding carboxylic acids is 1. The van der Waals surface area contributed by atoms with Gasteiger partial charge in [-0.15, -0.1) is 0 Å². The molecule has 9 heteroatoms. The van der Waals surface area contributed by atoms with E-state index < -0.39 is 33.2 Å². The van der Waals surface area contributed by atoms with Gasteiger partial charge < -0.3 is 20.5 Å². The van der Waals surface area contributed by atoms with Gasteiger partial charge >= 0.3 is 12.0 Å². The molecule has 3 N–H and O–H groups in total. The number of methoxy groups -OCH3 is 1. The maximum absolute atomic E-state index is 11.6. The third-order valence-electron chi connectivity index (χ3n) is 3.18. The Morgan fingerprint density at radius 3 is 2.60 bits per heavy atom. The fraction of sp³-hybridized carbons (Fsp3) is 0.818. The second-order valence-corrected chi connectivity index (χ2v) is 7.08. The quantitative estimate of drug-likeness (QED) is 0.574. The van der Waals surface area contributed by atoms with Crippen molar-refractivity contribution in [3.05, 3.63) is 0 Å². The number of carboxylic acids is 1. The van der Waals surface area contributed by atoms with E-state index in [1.807, 2.05) is 0 Å². The molecule has 8 nitrogen and oxygen atoms in total. The summed E-state index contributed by atoms with van der Waals surface area (Å²) >= 11 is 0. The lowest BCUT2D eigenvalue weighted by atomic mass is 10.2. The van der Waals surface area contributed by atoms with Crippen molar-refractivity contribution in [2.45, 2.75) is 30.6 Å². The molecule has 0 aliphatic carbocycles. The van der Waals surface area contributed by atoms with Crippen LogP contribution in [0.4, 0.5) is 4.79 Å². The van der Waals surface area contributed by atoms with Crippen LogP contribution in [0.2, 0.25) is 0 Å². The Bertz CT molecular complexity index is 450. The first-order chi connectivity index (χ1) is 9.35. The Morgan fingerprint density at radius 2 is 2.10 bits per heavy atom. The Kier molecular flexibility index (Phi) is 6.21. The largest absolute Gasteiger partial charge is 0.481 e. The van der Waals surface area contributed by atoms with E-state index in [1.165, 1.54) is 7.11 Å². The molecule has 0 bridgehead atoms. The molecule has 0 aromatic carbocycles. The summed E-state index contributed by atoms with van der Waals surface area (Å²) in [7, 11) is -1.72. The smallest absolute Gasteiger partial charge is 0.314 e. The number of carbonyl (C=O) groups is 2. The van der Waals surface area contributed by atoms with Crippen LogP contribution in [0.3, 0.4) is 0 Å². The average Bonchev–Trinajstić information content (AvgIpc) is 2.70. The van der Waals surface area contributed by atoms with Crippen LogP contribution >= 0.6 is 0 Å². The van der Waals surface area contributed by atoms with Crippen molar-refractivity contribution >= 4 is 21.8 Å². The van der Waals surface area contributed by atoms with Crippen molar-refractivity contribution in [3.8, 4) is 0 Å². The Morgan fingerprint density at radius 1 is 1.40 bits per heavy atom. The van der Waals surface area contributed by atoms with Crippen LogP contribution < -0.4 is 10.6 Å². The van der Waals surface area contributed by atoms with E-state index in [0.717, 1.165) is 0 Å². The van der Waals surface area contributed by atoms with Crippen LogP contribution in [0, 0.1) is 0 Å². The Hall–Kier alpha value is -1.35. The molecular formula is C11H20N2O6S. The van der Waals surface area contributed by atoms with E-state index in [9.17, 15) is 18.0 Å². The van der Waals surface area contributed by atoms with E-state index in [-0.39, 0.29) is 25.3 Å². The number of amides is 2. The van der Waals surface area contributed by atoms with Gasteiger partial charge in [0.2, 0.25) is 0 Å². The Labute approximate surface area is 117 Å². The summed E-state index contributed by atoms with van der Waals surface area (Å²) in [4.78, 5) is 22.0. The normalized spacial score (nSPS) is 22.1. The minimum absolute atomic E-state index is 0.0477. The highest BCUT2D eigenvalue weighted by molar-refractivity contribution is 7.92. The molecule has 1 saturated heterocycles. The van der Waals surface area contributed by atoms with Gasteiger partial charge in [0, 0.05) is 20.2 Å². The van der Waals surface area contributed by atoms with Crippen LogP contribution in [0.5, 0.6) is 0 Å². The highest BCUT2D eigenvalue weighted by atomic mass is 32.2. The van der Waals surface area contributed by atoms with E-state index in [1.54, 1.807) is 0 Å². The second kappa shape index (κ2) is 7.44. The molecule has 20 heavy (non-hydrogen) atoms. The summed E-state index contributed by atoms with van der Waals surface area (Å²) in [5.41, 5.74) is 0. The van der Waals surface area contributed by atoms with Crippen molar-refractivity contribution in [2.75, 3.05) is 26.0 Å². The van der Waals surface area contributed by atoms with Crippen molar-refractivity contribution in [1.82, 2.24) is 10.6 Å². The van der Waals surface area contributed by atoms with Crippen LogP contribution in [0.1, 0.15) is 19.3 Å². The summed E-state index contributed by atoms with van der Waals surface area (Å²) in [6.07, 6.45) is 0.352. The van der Waals surface area contributed by atoms with Gasteiger partial charge in [0.1, 0.15) is 0 Å². The van der Waals surface area contributed by atoms with E-state index in [4.69, 9.17) is 9.84 Å². The SMILES string of the molecule is COC(CNC(=O)NCC1CCCS1(=O)=O)CC(=O)O. The molecule has 0 aromatic rings. The summed E-state index contributed by atoms with van der Waals surface area (Å²) in [6.45, 7) is 0.122. The first-order valence-electron chi connectivity index (χ1n) is 6.33. The minimum atomic E-state index is -3.08. The van der Waals surface area contributed by atoms with Crippen LogP contribution in [0.25, 0.3) is 0 Å². The lowest BCUT2D eigenvalue weighted by Gasteiger charge is -2.15. The first-order valence-corrected chi connectivity index (χ1v) is 8.04. The second-order valence-electron chi connectivity index (χ2n) is 4.68. The number of rotatable bonds is 7. The molecule has 0 radical (unpaired) electrons. The average molecular weight is 308 g/mol. The third kappa shape index (κ3) is 5.33. The van der Waals surface area contributed by atoms with Crippen molar-refractivity contribution in [1.29, 1.82) is 0 Å². The number of sulfone groups is 1. The van der Waals surface area contributed by atoms with E-state index >= 15 is 0 Å². The molecule has 2 atom stereocenters. The lowest BCUT2D eigenvalue weighted by Crippen LogP contribution is -2.44. The van der Waals surface area contributed by atoms with Gasteiger partial charge in [-0.1, -0.05) is 0 Å². The van der Waals surface area contributed by atoms with Crippen molar-refractivity contribution in [3.63, 3.8) is 0 Å². The molecule has 0 aromatic heterocycles. The lowest BCUT2D eigenvalue weighted by molar-refractivity contribution is -0.139. The Balaban J connectivity index is 2.28. The zero-order chi connectivity index (χ0) is 15.2. The molecule has 2 amide bonds. The predicted octanol–water partition coefficient (Wildman–Crippen LogP) is -0.647. The maximum atomic E-state index is 11.6. The summed E-state index contributed by atoms with van der Waals surface area (Å²) < 4.78 is 28.0. The molecule has 0 saturated carbocycles. The van der Waals surface area contributed by atoms with Crippen molar-refractivity contribution < 1.29 is 27.9 Å². The number of nitrogens with one attached hydrogen (secondary N) is 2. The van der Waals surface area contributed by atoms with E-state index in [2.05, 4.69) is 10.6 Å². The zero-order valence-electron chi connectivity index (χ0n) is 11.3. The van der Waals surface area contributed by atoms with Gasteiger partial charge in [-0.05, 0) is 12.8 Å². The monoisotopic (exact) mass is 308 g/mol. The van der Waals surface area contributed by atoms with Gasteiger partial charge in [0.05, 0.1) is 23.5 Å². The molecule has 1 aliphatic heterocycles. The number of hydrogen-bond acceptors (Lipinski definition) is 5. The molecule has 1 fully saturated rings. The van der Waals surface area contributed by atoms with Gasteiger partial charge in [0.15, 0.2) is 9.84 Å². The van der Waals surface area contributed by atoms with Crippen LogP contribution in [-0.4, -0.2) is 62.8 Å². The minimum Gasteiger partial charge on any atom is -0.481 e. The van der Waals surface area contributed by atoms with Gasteiger partial charge in [-0.25, -0.2) is 13.2 Å². The number of carboxylic acid groups (broad SMARTS) is 1. The fourth-order valence-corrected chi connectivity index (χ4v) is 3.76. The number of urea groups is 1. The predicted molar refractivity (Wildman–Crippen MR) is 71.3 cm³/mol. The third-order valence-corrected chi connectivity index (χ3v) is 5.45. The van der Waals surface area contributed by atoms with E-state index in [0.29, 0.717) is 12.8 Å². The molecule has 2 unspecified atom stereocenters. The maximum Gasteiger partial charge on any atom is 0.314 e. The highest BCUT2D eigenvalue weighted by Gasteiger charge is 2.31. The van der Waals surface area contributed by atoms with Gasteiger partial charge in [-0.3, -0.25) is 4.79 Å². The number of hydrogen-bond donors (Lipinski definition) is 3. The molecule has 1 rings (SSSR count). The standard InChI is InChI=1S/C11H20N2O6S/c1-19-8(5-10(14)15)6-12-11(16)13-7-9-3-2-4-20(9,17)18/h8-9H,2-7H2,1H3,(H,14,15)(H2,12,13,16). The summed E-state index contributed by atoms with van der Waals surface area (Å²) in [6, 6.07) is -0.528. The fourth-order valence-electron chi connectivity index (χ4n) is 2.00. The summed E-state index contributed by atoms with van der Waals surface area (Å²) in [5, 5.41) is 13.0. The zero-order valence-corrected chi connectivity index (χ0v) is 12.1. The molecule has 0 spiro atoms. The van der Waals surface area contributed by atoms with Crippen molar-refractivity contribution in [2.24, 2.45) is 0 Å². The van der Waals surface area contributed by atoms with Crippen LogP contribution in [-0.2, 0) is 19.4 Å². The highest BCUT2D eigenvalue weighted by Crippen LogP contribution is 2.18.